The summed E-state index contributed by atoms with van der Waals surface area (Å²) < 4.78 is 169. The first-order chi connectivity index (χ1) is 28.2. The molecule has 0 saturated carbocycles. The Kier molecular flexibility index (Phi) is 14.9. The third kappa shape index (κ3) is 11.6. The van der Waals surface area contributed by atoms with Crippen LogP contribution in [0, 0.1) is 5.66 Å². The molecule has 0 radical (unpaired) electrons. The molecule has 0 amide bonds. The number of allylic oxidation sites excluding steroid dienone is 10. The van der Waals surface area contributed by atoms with E-state index in [1.165, 1.54) is 13.0 Å². The Labute approximate surface area is 357 Å². The Morgan fingerprint density at radius 3 is 1.31 bits per heavy atom. The number of hydrogen-bond donors (Lipinski definition) is 0. The number of benzene rings is 4. The van der Waals surface area contributed by atoms with Crippen LogP contribution in [0.15, 0.2) is 187 Å². The Balaban J connectivity index is 0.00000109. The molecular formula is C46H32F12FeP2. The van der Waals surface area contributed by atoms with Crippen LogP contribution in [0.5, 0.6) is 0 Å². The van der Waals surface area contributed by atoms with Crippen molar-refractivity contribution in [2.45, 2.75) is 37.3 Å². The summed E-state index contributed by atoms with van der Waals surface area (Å²) in [4.78, 5) is 0. The summed E-state index contributed by atoms with van der Waals surface area (Å²) in [5, 5.41) is 0.624. The van der Waals surface area contributed by atoms with Crippen molar-refractivity contribution in [3.8, 4) is 0 Å². The number of alkyl halides is 12. The summed E-state index contributed by atoms with van der Waals surface area (Å²) in [6, 6.07) is 30.5. The van der Waals surface area contributed by atoms with Gasteiger partial charge in [-0.1, -0.05) is 105 Å². The SMILES string of the molecule is C[C@H](C1=C/C(=C2\C=CC=C[C-]2P(c2ccccc2)c2ccccc2)C=C1)P(c1cc(C(F)(F)F)cc(C(F)(F)F)c1)c1cc(C(F)(F)F)cc(C(F)(F)F)c1.[Fe+2].c1cc[cH-]c1. The molecule has 2 aliphatic rings. The van der Waals surface area contributed by atoms with Crippen molar-refractivity contribution in [3.05, 3.63) is 215 Å². The van der Waals surface area contributed by atoms with Gasteiger partial charge >= 0.3 is 41.8 Å². The van der Waals surface area contributed by atoms with Crippen LogP contribution in [0.25, 0.3) is 0 Å². The summed E-state index contributed by atoms with van der Waals surface area (Å²) in [6.07, 6.45) is -9.04. The fourth-order valence-corrected chi connectivity index (χ4v) is 11.8. The maximum atomic E-state index is 14.0. The zero-order chi connectivity index (χ0) is 43.5. The molecular weight excluding hydrogens is 898 g/mol. The van der Waals surface area contributed by atoms with Gasteiger partial charge in [0, 0.05) is 5.66 Å². The van der Waals surface area contributed by atoms with Crippen molar-refractivity contribution >= 4 is 37.1 Å². The molecule has 0 saturated heterocycles. The second-order valence-electron chi connectivity index (χ2n) is 13.5. The van der Waals surface area contributed by atoms with E-state index < -0.39 is 79.1 Å². The monoisotopic (exact) mass is 930 g/mol. The third-order valence-corrected chi connectivity index (χ3v) is 14.6. The van der Waals surface area contributed by atoms with Crippen LogP contribution in [0.3, 0.4) is 0 Å². The molecule has 5 aromatic rings. The van der Waals surface area contributed by atoms with E-state index in [9.17, 15) is 52.7 Å². The van der Waals surface area contributed by atoms with Crippen molar-refractivity contribution in [2.24, 2.45) is 0 Å². The molecule has 318 valence electrons. The van der Waals surface area contributed by atoms with Crippen LogP contribution < -0.4 is 21.2 Å². The zero-order valence-electron chi connectivity index (χ0n) is 31.5. The minimum Gasteiger partial charge on any atom is -0.214 e. The number of rotatable bonds is 7. The number of hydrogen-bond acceptors (Lipinski definition) is 0. The molecule has 7 rings (SSSR count). The molecule has 0 N–H and O–H groups in total. The third-order valence-electron chi connectivity index (χ3n) is 9.39. The van der Waals surface area contributed by atoms with Crippen LogP contribution in [0.4, 0.5) is 52.7 Å². The smallest absolute Gasteiger partial charge is 0.214 e. The van der Waals surface area contributed by atoms with Crippen molar-refractivity contribution in [1.29, 1.82) is 0 Å². The normalized spacial score (nSPS) is 16.0. The standard InChI is InChI=1S/C41H27F12P2.C5H5.Fe/c1-25(26-16-17-27(18-26)36-14-8-9-15-37(36)55(32-10-4-2-5-11-32)33-12-6-3-7-13-33)54(34-21-28(38(42,43)44)19-29(22-34)39(45,46)47)35-23-30(40(48,49)50)20-31(24-35)41(51,52)53;1-2-4-5-3-1;/h2-25H,1H3;1-5H;/q2*-1;+2/b36-27+;;/t25-;;/m1../s1. The van der Waals surface area contributed by atoms with Crippen LogP contribution in [-0.4, -0.2) is 5.66 Å². The predicted molar refractivity (Wildman–Crippen MR) is 215 cm³/mol. The van der Waals surface area contributed by atoms with E-state index in [0.29, 0.717) is 29.8 Å². The zero-order valence-corrected chi connectivity index (χ0v) is 34.4. The molecule has 1 atom stereocenters. The first-order valence-corrected chi connectivity index (χ1v) is 20.8. The molecule has 2 aliphatic carbocycles. The van der Waals surface area contributed by atoms with Crippen molar-refractivity contribution in [2.75, 3.05) is 0 Å². The second-order valence-corrected chi connectivity index (χ2v) is 18.2. The summed E-state index contributed by atoms with van der Waals surface area (Å²) in [7, 11) is -3.95. The van der Waals surface area contributed by atoms with Crippen LogP contribution in [-0.2, 0) is 41.8 Å². The quantitative estimate of drug-likeness (QED) is 0.0660. The first-order valence-electron chi connectivity index (χ1n) is 18.0. The fourth-order valence-electron chi connectivity index (χ4n) is 6.60. The molecule has 0 fully saturated rings. The van der Waals surface area contributed by atoms with Gasteiger partial charge in [0.1, 0.15) is 0 Å². The van der Waals surface area contributed by atoms with E-state index in [2.05, 4.69) is 0 Å². The minimum absolute atomic E-state index is 0. The Morgan fingerprint density at radius 2 is 0.934 bits per heavy atom. The molecule has 0 nitrogen and oxygen atoms in total. The van der Waals surface area contributed by atoms with Crippen LogP contribution in [0.1, 0.15) is 29.2 Å². The van der Waals surface area contributed by atoms with Gasteiger partial charge in [0.15, 0.2) is 0 Å². The van der Waals surface area contributed by atoms with Gasteiger partial charge in [-0.25, -0.2) is 12.1 Å². The molecule has 0 aromatic heterocycles. The molecule has 61 heavy (non-hydrogen) atoms. The van der Waals surface area contributed by atoms with Gasteiger partial charge in [-0.15, -0.1) is 29.9 Å². The molecule has 0 spiro atoms. The van der Waals surface area contributed by atoms with Crippen molar-refractivity contribution < 1.29 is 69.8 Å². The van der Waals surface area contributed by atoms with E-state index in [1.807, 2.05) is 109 Å². The Bertz CT molecular complexity index is 2210. The maximum absolute atomic E-state index is 14.0. The van der Waals surface area contributed by atoms with Crippen LogP contribution in [0.2, 0.25) is 0 Å². The van der Waals surface area contributed by atoms with E-state index in [1.54, 1.807) is 18.2 Å². The maximum Gasteiger partial charge on any atom is 2.00 e. The molecule has 0 heterocycles. The van der Waals surface area contributed by atoms with E-state index in [-0.39, 0.29) is 34.8 Å². The van der Waals surface area contributed by atoms with Crippen LogP contribution >= 0.6 is 15.8 Å². The Morgan fingerprint density at radius 1 is 0.508 bits per heavy atom. The van der Waals surface area contributed by atoms with Gasteiger partial charge in [-0.05, 0) is 71.1 Å². The van der Waals surface area contributed by atoms with Gasteiger partial charge < -0.3 is 0 Å². The van der Waals surface area contributed by atoms with Crippen molar-refractivity contribution in [1.82, 2.24) is 0 Å². The summed E-state index contributed by atoms with van der Waals surface area (Å²) in [5.74, 6) is 0. The van der Waals surface area contributed by atoms with E-state index in [0.717, 1.165) is 21.8 Å². The fraction of sp³-hybridized carbons (Fsp3) is 0.130. The van der Waals surface area contributed by atoms with Crippen molar-refractivity contribution in [3.63, 3.8) is 0 Å². The topological polar surface area (TPSA) is 0 Å². The number of halogens is 12. The largest absolute Gasteiger partial charge is 2.00 e. The van der Waals surface area contributed by atoms with E-state index >= 15 is 0 Å². The van der Waals surface area contributed by atoms with Gasteiger partial charge in [0.2, 0.25) is 0 Å². The van der Waals surface area contributed by atoms with E-state index in [4.69, 9.17) is 0 Å². The average Bonchev–Trinajstić information content (AvgIpc) is 3.95. The van der Waals surface area contributed by atoms with Gasteiger partial charge in [-0.2, -0.15) is 70.9 Å². The predicted octanol–water partition coefficient (Wildman–Crippen LogP) is 13.6. The molecule has 5 aromatic carbocycles. The average molecular weight is 931 g/mol. The minimum atomic E-state index is -5.32. The molecule has 15 heteroatoms. The van der Waals surface area contributed by atoms with Gasteiger partial charge in [-0.3, -0.25) is 0 Å². The summed E-state index contributed by atoms with van der Waals surface area (Å²) in [6.45, 7) is 1.37. The second kappa shape index (κ2) is 19.2. The summed E-state index contributed by atoms with van der Waals surface area (Å²) in [5.41, 5.74) is -5.62. The Hall–Kier alpha value is -4.66. The molecule has 0 aliphatic heterocycles. The first kappa shape index (κ1) is 47.4. The molecule has 0 unspecified atom stereocenters. The van der Waals surface area contributed by atoms with Gasteiger partial charge in [0.05, 0.1) is 22.3 Å². The molecule has 0 bridgehead atoms. The summed E-state index contributed by atoms with van der Waals surface area (Å²) >= 11 is 0. The van der Waals surface area contributed by atoms with Gasteiger partial charge in [0.25, 0.3) is 0 Å².